The van der Waals surface area contributed by atoms with Gasteiger partial charge in [-0.1, -0.05) is 34.4 Å². The van der Waals surface area contributed by atoms with Crippen molar-refractivity contribution in [1.29, 1.82) is 0 Å². The summed E-state index contributed by atoms with van der Waals surface area (Å²) in [5.41, 5.74) is 3.26. The Morgan fingerprint density at radius 3 is 2.41 bits per heavy atom. The fraction of sp³-hybridized carbons (Fsp3) is 0.391. The summed E-state index contributed by atoms with van der Waals surface area (Å²) in [6.45, 7) is 9.07. The number of ether oxygens (including phenoxy) is 1. The summed E-state index contributed by atoms with van der Waals surface area (Å²) in [4.78, 5) is 13.6. The highest BCUT2D eigenvalue weighted by atomic mass is 35.5. The van der Waals surface area contributed by atoms with Crippen LogP contribution < -0.4 is 4.90 Å². The van der Waals surface area contributed by atoms with Gasteiger partial charge in [0.05, 0.1) is 22.8 Å². The number of benzene rings is 1. The van der Waals surface area contributed by atoms with Crippen LogP contribution in [0.4, 0.5) is 11.6 Å². The van der Waals surface area contributed by atoms with Crippen LogP contribution in [0.15, 0.2) is 35.1 Å². The standard InChI is InChI=1S/C23H21Cl2N5O2/c1-26-23-27-11-15(12-28-23)30-9-7-16(8-10-30)31-13-17-21(29-32-22(17)14-5-6-14)20-18(24)3-2-4-19(20)25/h2-4,11-12,14,16H,5-10,13H2. The van der Waals surface area contributed by atoms with Gasteiger partial charge in [-0.15, -0.1) is 6.57 Å². The average Bonchev–Trinajstić information content (AvgIpc) is 3.58. The molecule has 2 aromatic heterocycles. The number of hydrogen-bond acceptors (Lipinski definition) is 6. The van der Waals surface area contributed by atoms with Crippen molar-refractivity contribution in [2.45, 2.75) is 44.3 Å². The van der Waals surface area contributed by atoms with E-state index in [1.807, 2.05) is 18.2 Å². The molecule has 1 aliphatic heterocycles. The SMILES string of the molecule is [C-]#[N+]c1ncc(N2CCC(OCc3c(-c4c(Cl)cccc4Cl)noc3C3CC3)CC2)cn1. The van der Waals surface area contributed by atoms with Gasteiger partial charge in [-0.05, 0) is 37.8 Å². The number of nitrogens with zero attached hydrogens (tertiary/aromatic N) is 5. The Labute approximate surface area is 196 Å². The molecule has 0 unspecified atom stereocenters. The van der Waals surface area contributed by atoms with Crippen LogP contribution in [-0.4, -0.2) is 34.3 Å². The van der Waals surface area contributed by atoms with Crippen LogP contribution >= 0.6 is 23.2 Å². The van der Waals surface area contributed by atoms with E-state index in [0.717, 1.165) is 55.8 Å². The lowest BCUT2D eigenvalue weighted by atomic mass is 10.0. The molecule has 1 saturated carbocycles. The predicted octanol–water partition coefficient (Wildman–Crippen LogP) is 6.05. The van der Waals surface area contributed by atoms with Crippen molar-refractivity contribution in [3.05, 3.63) is 63.4 Å². The molecular weight excluding hydrogens is 449 g/mol. The fourth-order valence-corrected chi connectivity index (χ4v) is 4.64. The molecule has 3 aromatic rings. The Bertz CT molecular complexity index is 1130. The smallest absolute Gasteiger partial charge is 0.371 e. The third kappa shape index (κ3) is 4.31. The minimum absolute atomic E-state index is 0.131. The highest BCUT2D eigenvalue weighted by Gasteiger charge is 2.34. The molecule has 9 heteroatoms. The Morgan fingerprint density at radius 1 is 1.09 bits per heavy atom. The monoisotopic (exact) mass is 469 g/mol. The van der Waals surface area contributed by atoms with Crippen molar-refractivity contribution in [3.63, 3.8) is 0 Å². The van der Waals surface area contributed by atoms with E-state index in [1.165, 1.54) is 0 Å². The van der Waals surface area contributed by atoms with Crippen molar-refractivity contribution >= 4 is 34.8 Å². The summed E-state index contributed by atoms with van der Waals surface area (Å²) in [5.74, 6) is 1.46. The van der Waals surface area contributed by atoms with E-state index in [2.05, 4.69) is 24.9 Å². The summed E-state index contributed by atoms with van der Waals surface area (Å²) in [6.07, 6.45) is 7.52. The normalized spacial score (nSPS) is 16.8. The largest absolute Gasteiger partial charge is 0.394 e. The second kappa shape index (κ2) is 9.07. The van der Waals surface area contributed by atoms with Crippen LogP contribution in [-0.2, 0) is 11.3 Å². The molecule has 32 heavy (non-hydrogen) atoms. The van der Waals surface area contributed by atoms with Crippen LogP contribution in [0.2, 0.25) is 10.0 Å². The average molecular weight is 470 g/mol. The van der Waals surface area contributed by atoms with Gasteiger partial charge >= 0.3 is 5.95 Å². The molecule has 1 aliphatic carbocycles. The lowest BCUT2D eigenvalue weighted by molar-refractivity contribution is 0.0246. The Morgan fingerprint density at radius 2 is 1.78 bits per heavy atom. The molecule has 0 atom stereocenters. The number of piperidine rings is 1. The van der Waals surface area contributed by atoms with E-state index in [1.54, 1.807) is 12.4 Å². The molecule has 0 spiro atoms. The molecule has 1 aromatic carbocycles. The maximum atomic E-state index is 6.97. The minimum Gasteiger partial charge on any atom is -0.394 e. The number of hydrogen-bond donors (Lipinski definition) is 0. The molecule has 7 nitrogen and oxygen atoms in total. The summed E-state index contributed by atoms with van der Waals surface area (Å²) in [7, 11) is 0. The van der Waals surface area contributed by atoms with E-state index in [0.29, 0.717) is 33.8 Å². The third-order valence-electron chi connectivity index (χ3n) is 5.96. The van der Waals surface area contributed by atoms with Crippen LogP contribution in [0.3, 0.4) is 0 Å². The van der Waals surface area contributed by atoms with Gasteiger partial charge in [-0.2, -0.15) is 9.97 Å². The predicted molar refractivity (Wildman–Crippen MR) is 122 cm³/mol. The summed E-state index contributed by atoms with van der Waals surface area (Å²) >= 11 is 12.9. The second-order valence-corrected chi connectivity index (χ2v) is 8.91. The van der Waals surface area contributed by atoms with Gasteiger partial charge in [0.15, 0.2) is 0 Å². The fourth-order valence-electron chi connectivity index (χ4n) is 4.07. The number of halogens is 2. The molecule has 1 saturated heterocycles. The third-order valence-corrected chi connectivity index (χ3v) is 6.59. The summed E-state index contributed by atoms with van der Waals surface area (Å²) in [5, 5.41) is 5.43. The van der Waals surface area contributed by atoms with E-state index >= 15 is 0 Å². The van der Waals surface area contributed by atoms with Gasteiger partial charge in [0.1, 0.15) is 29.5 Å². The molecule has 0 bridgehead atoms. The van der Waals surface area contributed by atoms with Crippen molar-refractivity contribution in [2.75, 3.05) is 18.0 Å². The van der Waals surface area contributed by atoms with Crippen LogP contribution in [0.25, 0.3) is 16.1 Å². The van der Waals surface area contributed by atoms with E-state index in [9.17, 15) is 0 Å². The zero-order valence-electron chi connectivity index (χ0n) is 17.3. The van der Waals surface area contributed by atoms with Gasteiger partial charge in [0, 0.05) is 30.1 Å². The molecule has 0 N–H and O–H groups in total. The highest BCUT2D eigenvalue weighted by Crippen LogP contribution is 2.46. The van der Waals surface area contributed by atoms with Gasteiger partial charge in [-0.25, -0.2) is 0 Å². The number of rotatable bonds is 6. The van der Waals surface area contributed by atoms with Crippen molar-refractivity contribution < 1.29 is 9.26 Å². The van der Waals surface area contributed by atoms with E-state index in [4.69, 9.17) is 39.0 Å². The van der Waals surface area contributed by atoms with Crippen molar-refractivity contribution in [2.24, 2.45) is 0 Å². The first kappa shape index (κ1) is 21.2. The maximum Gasteiger partial charge on any atom is 0.371 e. The minimum atomic E-state index is 0.131. The van der Waals surface area contributed by atoms with E-state index in [-0.39, 0.29) is 12.1 Å². The Balaban J connectivity index is 1.27. The Hall–Kier alpha value is -2.66. The Kier molecular flexibility index (Phi) is 6.01. The molecular formula is C23H21Cl2N5O2. The molecule has 0 radical (unpaired) electrons. The zero-order valence-corrected chi connectivity index (χ0v) is 18.8. The number of aromatic nitrogens is 3. The lowest BCUT2D eigenvalue weighted by Gasteiger charge is -2.32. The van der Waals surface area contributed by atoms with Gasteiger partial charge < -0.3 is 19.0 Å². The summed E-state index contributed by atoms with van der Waals surface area (Å²) in [6, 6.07) is 5.44. The first-order chi connectivity index (χ1) is 15.6. The zero-order chi connectivity index (χ0) is 22.1. The van der Waals surface area contributed by atoms with Crippen LogP contribution in [0, 0.1) is 6.57 Å². The second-order valence-electron chi connectivity index (χ2n) is 8.10. The molecule has 3 heterocycles. The van der Waals surface area contributed by atoms with Crippen molar-refractivity contribution in [1.82, 2.24) is 15.1 Å². The topological polar surface area (TPSA) is 68.6 Å². The van der Waals surface area contributed by atoms with Gasteiger partial charge in [0.2, 0.25) is 0 Å². The van der Waals surface area contributed by atoms with Crippen molar-refractivity contribution in [3.8, 4) is 11.3 Å². The maximum absolute atomic E-state index is 6.97. The van der Waals surface area contributed by atoms with Crippen LogP contribution in [0.5, 0.6) is 0 Å². The molecule has 2 fully saturated rings. The molecule has 5 rings (SSSR count). The van der Waals surface area contributed by atoms with E-state index < -0.39 is 0 Å². The van der Waals surface area contributed by atoms with Gasteiger partial charge in [0.25, 0.3) is 0 Å². The quantitative estimate of drug-likeness (QED) is 0.409. The molecule has 0 amide bonds. The molecule has 2 aliphatic rings. The number of anilines is 1. The van der Waals surface area contributed by atoms with Gasteiger partial charge in [-0.3, -0.25) is 0 Å². The first-order valence-corrected chi connectivity index (χ1v) is 11.4. The van der Waals surface area contributed by atoms with Crippen LogP contribution in [0.1, 0.15) is 42.9 Å². The summed E-state index contributed by atoms with van der Waals surface area (Å²) < 4.78 is 12.1. The molecule has 164 valence electrons. The lowest BCUT2D eigenvalue weighted by Crippen LogP contribution is -2.37. The highest BCUT2D eigenvalue weighted by molar-refractivity contribution is 6.39. The first-order valence-electron chi connectivity index (χ1n) is 10.6.